The standard InChI is InChI=1S/C16H22N2O2/c1-12(2)9-17-10-14-4-6-16(7-5-14)19-11-15-8-13(3)20-18-15/h4-8,12,17H,9-11H2,1-3H3. The van der Waals surface area contributed by atoms with Gasteiger partial charge >= 0.3 is 0 Å². The van der Waals surface area contributed by atoms with Crippen LogP contribution in [0.2, 0.25) is 0 Å². The van der Waals surface area contributed by atoms with Gasteiger partial charge in [-0.05, 0) is 37.1 Å². The van der Waals surface area contributed by atoms with Gasteiger partial charge in [-0.1, -0.05) is 31.1 Å². The van der Waals surface area contributed by atoms with E-state index >= 15 is 0 Å². The lowest BCUT2D eigenvalue weighted by atomic mass is 10.2. The normalized spacial score (nSPS) is 11.0. The van der Waals surface area contributed by atoms with Crippen molar-refractivity contribution in [3.8, 4) is 5.75 Å². The van der Waals surface area contributed by atoms with Gasteiger partial charge in [-0.15, -0.1) is 0 Å². The molecule has 0 saturated carbocycles. The van der Waals surface area contributed by atoms with Crippen LogP contribution in [0.5, 0.6) is 5.75 Å². The van der Waals surface area contributed by atoms with E-state index in [4.69, 9.17) is 9.26 Å². The first-order chi connectivity index (χ1) is 9.63. The monoisotopic (exact) mass is 274 g/mol. The van der Waals surface area contributed by atoms with Gasteiger partial charge in [0.2, 0.25) is 0 Å². The third kappa shape index (κ3) is 4.70. The van der Waals surface area contributed by atoms with Crippen molar-refractivity contribution in [2.75, 3.05) is 6.54 Å². The summed E-state index contributed by atoms with van der Waals surface area (Å²) in [4.78, 5) is 0. The molecule has 108 valence electrons. The molecule has 0 fully saturated rings. The van der Waals surface area contributed by atoms with E-state index in [-0.39, 0.29) is 0 Å². The third-order valence-electron chi connectivity index (χ3n) is 2.87. The molecule has 4 heteroatoms. The first kappa shape index (κ1) is 14.6. The average Bonchev–Trinajstić information content (AvgIpc) is 2.83. The zero-order valence-corrected chi connectivity index (χ0v) is 12.3. The van der Waals surface area contributed by atoms with Gasteiger partial charge in [0, 0.05) is 12.6 Å². The SMILES string of the molecule is Cc1cc(COc2ccc(CNCC(C)C)cc2)no1. The van der Waals surface area contributed by atoms with Crippen LogP contribution in [0.3, 0.4) is 0 Å². The van der Waals surface area contributed by atoms with Crippen LogP contribution >= 0.6 is 0 Å². The summed E-state index contributed by atoms with van der Waals surface area (Å²) >= 11 is 0. The third-order valence-corrected chi connectivity index (χ3v) is 2.87. The Hall–Kier alpha value is -1.81. The molecule has 20 heavy (non-hydrogen) atoms. The van der Waals surface area contributed by atoms with Crippen molar-refractivity contribution < 1.29 is 9.26 Å². The van der Waals surface area contributed by atoms with Crippen molar-refractivity contribution in [2.45, 2.75) is 33.9 Å². The van der Waals surface area contributed by atoms with Crippen molar-refractivity contribution in [3.05, 3.63) is 47.3 Å². The number of nitrogens with one attached hydrogen (secondary N) is 1. The molecule has 0 aliphatic rings. The fraction of sp³-hybridized carbons (Fsp3) is 0.438. The minimum atomic E-state index is 0.433. The number of aromatic nitrogens is 1. The topological polar surface area (TPSA) is 47.3 Å². The number of ether oxygens (including phenoxy) is 1. The molecule has 2 rings (SSSR count). The summed E-state index contributed by atoms with van der Waals surface area (Å²) < 4.78 is 10.7. The molecule has 0 unspecified atom stereocenters. The largest absolute Gasteiger partial charge is 0.487 e. The van der Waals surface area contributed by atoms with Crippen LogP contribution in [0.15, 0.2) is 34.9 Å². The Morgan fingerprint density at radius 2 is 2.00 bits per heavy atom. The van der Waals surface area contributed by atoms with Crippen LogP contribution in [-0.4, -0.2) is 11.7 Å². The van der Waals surface area contributed by atoms with E-state index in [1.807, 2.05) is 25.1 Å². The summed E-state index contributed by atoms with van der Waals surface area (Å²) in [5.74, 6) is 2.32. The molecular weight excluding hydrogens is 252 g/mol. The van der Waals surface area contributed by atoms with E-state index in [2.05, 4.69) is 36.5 Å². The van der Waals surface area contributed by atoms with Gasteiger partial charge in [0.25, 0.3) is 0 Å². The van der Waals surface area contributed by atoms with Gasteiger partial charge in [0.15, 0.2) is 0 Å². The van der Waals surface area contributed by atoms with Crippen LogP contribution in [-0.2, 0) is 13.2 Å². The Balaban J connectivity index is 1.79. The Morgan fingerprint density at radius 3 is 2.60 bits per heavy atom. The average molecular weight is 274 g/mol. The number of aryl methyl sites for hydroxylation is 1. The van der Waals surface area contributed by atoms with E-state index in [9.17, 15) is 0 Å². The van der Waals surface area contributed by atoms with E-state index in [0.717, 1.165) is 30.3 Å². The smallest absolute Gasteiger partial charge is 0.134 e. The summed E-state index contributed by atoms with van der Waals surface area (Å²) in [7, 11) is 0. The number of rotatable bonds is 7. The minimum Gasteiger partial charge on any atom is -0.487 e. The van der Waals surface area contributed by atoms with Gasteiger partial charge in [-0.3, -0.25) is 0 Å². The molecule has 0 spiro atoms. The second-order valence-electron chi connectivity index (χ2n) is 5.39. The number of nitrogens with zero attached hydrogens (tertiary/aromatic N) is 1. The Kier molecular flexibility index (Phi) is 5.18. The molecule has 0 amide bonds. The molecule has 0 aliphatic carbocycles. The predicted molar refractivity (Wildman–Crippen MR) is 78.6 cm³/mol. The highest BCUT2D eigenvalue weighted by Crippen LogP contribution is 2.14. The van der Waals surface area contributed by atoms with Crippen molar-refractivity contribution in [1.29, 1.82) is 0 Å². The lowest BCUT2D eigenvalue weighted by molar-refractivity contribution is 0.288. The van der Waals surface area contributed by atoms with E-state index in [1.165, 1.54) is 5.56 Å². The van der Waals surface area contributed by atoms with Crippen LogP contribution in [0, 0.1) is 12.8 Å². The summed E-state index contributed by atoms with van der Waals surface area (Å²) in [6.07, 6.45) is 0. The van der Waals surface area contributed by atoms with Crippen LogP contribution in [0.25, 0.3) is 0 Å². The Labute approximate surface area is 120 Å². The molecule has 1 aromatic heterocycles. The summed E-state index contributed by atoms with van der Waals surface area (Å²) in [6.45, 7) is 8.63. The Morgan fingerprint density at radius 1 is 1.25 bits per heavy atom. The number of hydrogen-bond donors (Lipinski definition) is 1. The molecule has 0 bridgehead atoms. The van der Waals surface area contributed by atoms with Gasteiger partial charge in [0.05, 0.1) is 0 Å². The van der Waals surface area contributed by atoms with Gasteiger partial charge in [-0.2, -0.15) is 0 Å². The maximum atomic E-state index is 5.66. The molecule has 0 aliphatic heterocycles. The number of benzene rings is 1. The van der Waals surface area contributed by atoms with Crippen molar-refractivity contribution in [1.82, 2.24) is 10.5 Å². The van der Waals surface area contributed by atoms with E-state index in [1.54, 1.807) is 0 Å². The molecule has 1 N–H and O–H groups in total. The second kappa shape index (κ2) is 7.10. The Bertz CT molecular complexity index is 518. The lowest BCUT2D eigenvalue weighted by Crippen LogP contribution is -2.18. The highest BCUT2D eigenvalue weighted by molar-refractivity contribution is 5.27. The van der Waals surface area contributed by atoms with Crippen molar-refractivity contribution >= 4 is 0 Å². The van der Waals surface area contributed by atoms with Crippen LogP contribution in [0.1, 0.15) is 30.9 Å². The fourth-order valence-corrected chi connectivity index (χ4v) is 1.85. The maximum Gasteiger partial charge on any atom is 0.134 e. The minimum absolute atomic E-state index is 0.433. The maximum absolute atomic E-state index is 5.66. The van der Waals surface area contributed by atoms with Gasteiger partial charge < -0.3 is 14.6 Å². The first-order valence-corrected chi connectivity index (χ1v) is 6.98. The molecule has 1 aromatic carbocycles. The van der Waals surface area contributed by atoms with Crippen molar-refractivity contribution in [3.63, 3.8) is 0 Å². The highest BCUT2D eigenvalue weighted by Gasteiger charge is 2.02. The lowest BCUT2D eigenvalue weighted by Gasteiger charge is -2.08. The molecular formula is C16H22N2O2. The van der Waals surface area contributed by atoms with Gasteiger partial charge in [-0.25, -0.2) is 0 Å². The quantitative estimate of drug-likeness (QED) is 0.841. The fourth-order valence-electron chi connectivity index (χ4n) is 1.85. The molecule has 4 nitrogen and oxygen atoms in total. The van der Waals surface area contributed by atoms with Crippen LogP contribution < -0.4 is 10.1 Å². The summed E-state index contributed by atoms with van der Waals surface area (Å²) in [5.41, 5.74) is 2.07. The number of hydrogen-bond acceptors (Lipinski definition) is 4. The van der Waals surface area contributed by atoms with Crippen LogP contribution in [0.4, 0.5) is 0 Å². The molecule has 0 atom stereocenters. The second-order valence-corrected chi connectivity index (χ2v) is 5.39. The highest BCUT2D eigenvalue weighted by atomic mass is 16.5. The zero-order valence-electron chi connectivity index (χ0n) is 12.3. The first-order valence-electron chi connectivity index (χ1n) is 6.98. The molecule has 2 aromatic rings. The molecule has 0 saturated heterocycles. The molecule has 1 heterocycles. The van der Waals surface area contributed by atoms with E-state index < -0.39 is 0 Å². The van der Waals surface area contributed by atoms with Crippen molar-refractivity contribution in [2.24, 2.45) is 5.92 Å². The van der Waals surface area contributed by atoms with E-state index in [0.29, 0.717) is 12.5 Å². The predicted octanol–water partition coefficient (Wildman–Crippen LogP) is 3.31. The summed E-state index contributed by atoms with van der Waals surface area (Å²) in [5, 5.41) is 7.31. The molecule has 0 radical (unpaired) electrons. The van der Waals surface area contributed by atoms with Gasteiger partial charge in [0.1, 0.15) is 23.8 Å². The zero-order chi connectivity index (χ0) is 14.4. The summed E-state index contributed by atoms with van der Waals surface area (Å²) in [6, 6.07) is 10.0.